The van der Waals surface area contributed by atoms with Crippen LogP contribution < -0.4 is 15.2 Å². The standard InChI is InChI=1S/C23H19BrN2O2/c24-20-10-12-21(13-11-20)26-23(27)19(15-25-26)14-18-8-4-5-9-22(18)28-16-17-6-2-1-3-7-17/h1-14,25H,15-16H2. The van der Waals surface area contributed by atoms with Gasteiger partial charge in [-0.15, -0.1) is 0 Å². The summed E-state index contributed by atoms with van der Waals surface area (Å²) in [6.07, 6.45) is 1.90. The van der Waals surface area contributed by atoms with Gasteiger partial charge >= 0.3 is 0 Å². The second-order valence-corrected chi connectivity index (χ2v) is 7.35. The van der Waals surface area contributed by atoms with Crippen molar-refractivity contribution in [1.29, 1.82) is 0 Å². The zero-order valence-corrected chi connectivity index (χ0v) is 16.7. The Bertz CT molecular complexity index is 1000. The second-order valence-electron chi connectivity index (χ2n) is 6.43. The predicted molar refractivity (Wildman–Crippen MR) is 115 cm³/mol. The van der Waals surface area contributed by atoms with Gasteiger partial charge < -0.3 is 4.74 Å². The Labute approximate surface area is 172 Å². The first kappa shape index (κ1) is 18.5. The van der Waals surface area contributed by atoms with E-state index in [9.17, 15) is 4.79 Å². The molecule has 0 bridgehead atoms. The molecule has 0 unspecified atom stereocenters. The lowest BCUT2D eigenvalue weighted by molar-refractivity contribution is -0.114. The van der Waals surface area contributed by atoms with E-state index in [1.807, 2.05) is 84.9 Å². The number of halogens is 1. The number of benzene rings is 3. The lowest BCUT2D eigenvalue weighted by Gasteiger charge is -2.15. The molecule has 1 N–H and O–H groups in total. The SMILES string of the molecule is O=C1C(=Cc2ccccc2OCc2ccccc2)CNN1c1ccc(Br)cc1. The van der Waals surface area contributed by atoms with E-state index < -0.39 is 0 Å². The molecule has 0 aliphatic carbocycles. The number of ether oxygens (including phenoxy) is 1. The number of hydrogen-bond donors (Lipinski definition) is 1. The summed E-state index contributed by atoms with van der Waals surface area (Å²) in [4.78, 5) is 12.8. The molecule has 0 radical (unpaired) electrons. The number of nitrogens with one attached hydrogen (secondary N) is 1. The lowest BCUT2D eigenvalue weighted by Crippen LogP contribution is -2.33. The summed E-state index contributed by atoms with van der Waals surface area (Å²) >= 11 is 3.42. The molecule has 1 fully saturated rings. The van der Waals surface area contributed by atoms with Crippen molar-refractivity contribution in [3.05, 3.63) is 100 Å². The second kappa shape index (κ2) is 8.42. The molecule has 4 nitrogen and oxygen atoms in total. The molecule has 3 aromatic carbocycles. The van der Waals surface area contributed by atoms with Crippen LogP contribution in [-0.2, 0) is 11.4 Å². The van der Waals surface area contributed by atoms with Gasteiger partial charge in [0, 0.05) is 22.2 Å². The van der Waals surface area contributed by atoms with Crippen LogP contribution in [0.25, 0.3) is 6.08 Å². The van der Waals surface area contributed by atoms with Crippen LogP contribution in [0.3, 0.4) is 0 Å². The molecule has 0 aromatic heterocycles. The molecule has 0 atom stereocenters. The third-order valence-corrected chi connectivity index (χ3v) is 5.00. The number of carbonyl (C=O) groups excluding carboxylic acids is 1. The van der Waals surface area contributed by atoms with Gasteiger partial charge in [-0.25, -0.2) is 10.4 Å². The number of nitrogens with zero attached hydrogens (tertiary/aromatic N) is 1. The Morgan fingerprint density at radius 1 is 0.964 bits per heavy atom. The molecule has 1 amide bonds. The highest BCUT2D eigenvalue weighted by Gasteiger charge is 2.27. The molecule has 0 saturated carbocycles. The summed E-state index contributed by atoms with van der Waals surface area (Å²) in [5.41, 5.74) is 6.64. The highest BCUT2D eigenvalue weighted by molar-refractivity contribution is 9.10. The number of hydrogen-bond acceptors (Lipinski definition) is 3. The minimum Gasteiger partial charge on any atom is -0.488 e. The van der Waals surface area contributed by atoms with E-state index in [1.165, 1.54) is 0 Å². The van der Waals surface area contributed by atoms with Gasteiger partial charge in [-0.3, -0.25) is 4.79 Å². The molecule has 1 saturated heterocycles. The average Bonchev–Trinajstić information content (AvgIpc) is 3.09. The van der Waals surface area contributed by atoms with Gasteiger partial charge in [0.15, 0.2) is 0 Å². The van der Waals surface area contributed by atoms with Crippen molar-refractivity contribution >= 4 is 33.6 Å². The van der Waals surface area contributed by atoms with Crippen LogP contribution in [0.2, 0.25) is 0 Å². The van der Waals surface area contributed by atoms with Crippen LogP contribution in [0.5, 0.6) is 5.75 Å². The monoisotopic (exact) mass is 434 g/mol. The van der Waals surface area contributed by atoms with Crippen molar-refractivity contribution in [3.8, 4) is 5.75 Å². The number of anilines is 1. The largest absolute Gasteiger partial charge is 0.488 e. The predicted octanol–water partition coefficient (Wildman–Crippen LogP) is 4.96. The third kappa shape index (κ3) is 4.16. The van der Waals surface area contributed by atoms with Gasteiger partial charge in [-0.05, 0) is 42.0 Å². The smallest absolute Gasteiger partial charge is 0.269 e. The summed E-state index contributed by atoms with van der Waals surface area (Å²) in [6.45, 7) is 0.958. The Morgan fingerprint density at radius 3 is 2.46 bits per heavy atom. The first-order valence-corrected chi connectivity index (χ1v) is 9.80. The van der Waals surface area contributed by atoms with E-state index in [1.54, 1.807) is 5.01 Å². The fourth-order valence-corrected chi connectivity index (χ4v) is 3.29. The minimum absolute atomic E-state index is 0.0554. The topological polar surface area (TPSA) is 41.6 Å². The Kier molecular flexibility index (Phi) is 5.55. The zero-order valence-electron chi connectivity index (χ0n) is 15.1. The van der Waals surface area contributed by atoms with E-state index in [4.69, 9.17) is 4.74 Å². The van der Waals surface area contributed by atoms with E-state index in [-0.39, 0.29) is 5.91 Å². The molecule has 1 heterocycles. The Balaban J connectivity index is 1.53. The fourth-order valence-electron chi connectivity index (χ4n) is 3.02. The molecule has 28 heavy (non-hydrogen) atoms. The molecule has 140 valence electrons. The van der Waals surface area contributed by atoms with E-state index in [2.05, 4.69) is 21.4 Å². The van der Waals surface area contributed by atoms with E-state index >= 15 is 0 Å². The number of hydrazine groups is 1. The van der Waals surface area contributed by atoms with Crippen molar-refractivity contribution in [1.82, 2.24) is 5.43 Å². The van der Waals surface area contributed by atoms with Gasteiger partial charge in [0.05, 0.1) is 5.69 Å². The summed E-state index contributed by atoms with van der Waals surface area (Å²) in [7, 11) is 0. The molecule has 0 spiro atoms. The summed E-state index contributed by atoms with van der Waals surface area (Å²) in [5, 5.41) is 1.58. The molecular weight excluding hydrogens is 416 g/mol. The molecule has 3 aromatic rings. The molecule has 4 rings (SSSR count). The Morgan fingerprint density at radius 2 is 1.68 bits per heavy atom. The van der Waals surface area contributed by atoms with Crippen LogP contribution in [0.15, 0.2) is 88.9 Å². The van der Waals surface area contributed by atoms with Crippen molar-refractivity contribution in [3.63, 3.8) is 0 Å². The normalized spacial score (nSPS) is 15.2. The highest BCUT2D eigenvalue weighted by atomic mass is 79.9. The first-order valence-electron chi connectivity index (χ1n) is 9.00. The summed E-state index contributed by atoms with van der Waals surface area (Å²) in [6, 6.07) is 25.4. The van der Waals surface area contributed by atoms with Crippen molar-refractivity contribution in [2.45, 2.75) is 6.61 Å². The van der Waals surface area contributed by atoms with Gasteiger partial charge in [-0.2, -0.15) is 0 Å². The summed E-state index contributed by atoms with van der Waals surface area (Å²) in [5.74, 6) is 0.703. The molecule has 1 aliphatic rings. The number of carbonyl (C=O) groups is 1. The van der Waals surface area contributed by atoms with Crippen LogP contribution in [0.1, 0.15) is 11.1 Å². The fraction of sp³-hybridized carbons (Fsp3) is 0.0870. The highest BCUT2D eigenvalue weighted by Crippen LogP contribution is 2.26. The van der Waals surface area contributed by atoms with Crippen molar-refractivity contribution in [2.24, 2.45) is 0 Å². The van der Waals surface area contributed by atoms with Gasteiger partial charge in [0.2, 0.25) is 0 Å². The van der Waals surface area contributed by atoms with E-state index in [0.29, 0.717) is 18.7 Å². The molecule has 1 aliphatic heterocycles. The third-order valence-electron chi connectivity index (χ3n) is 4.48. The first-order chi connectivity index (χ1) is 13.7. The number of amides is 1. The number of rotatable bonds is 5. The maximum absolute atomic E-state index is 12.8. The van der Waals surface area contributed by atoms with Crippen LogP contribution in [0, 0.1) is 0 Å². The molecule has 5 heteroatoms. The van der Waals surface area contributed by atoms with Crippen LogP contribution in [-0.4, -0.2) is 12.5 Å². The minimum atomic E-state index is -0.0554. The zero-order chi connectivity index (χ0) is 19.3. The van der Waals surface area contributed by atoms with Crippen molar-refractivity contribution in [2.75, 3.05) is 11.6 Å². The van der Waals surface area contributed by atoms with E-state index in [0.717, 1.165) is 27.0 Å². The average molecular weight is 435 g/mol. The van der Waals surface area contributed by atoms with Crippen LogP contribution >= 0.6 is 15.9 Å². The maximum Gasteiger partial charge on any atom is 0.269 e. The van der Waals surface area contributed by atoms with Gasteiger partial charge in [0.25, 0.3) is 5.91 Å². The quantitative estimate of drug-likeness (QED) is 0.576. The lowest BCUT2D eigenvalue weighted by atomic mass is 10.1. The number of para-hydroxylation sites is 1. The molecular formula is C23H19BrN2O2. The van der Waals surface area contributed by atoms with Gasteiger partial charge in [-0.1, -0.05) is 64.5 Å². The maximum atomic E-state index is 12.8. The summed E-state index contributed by atoms with van der Waals surface area (Å²) < 4.78 is 6.97. The van der Waals surface area contributed by atoms with Crippen molar-refractivity contribution < 1.29 is 9.53 Å². The Hall–Kier alpha value is -2.89. The van der Waals surface area contributed by atoms with Gasteiger partial charge in [0.1, 0.15) is 12.4 Å². The van der Waals surface area contributed by atoms with Crippen LogP contribution in [0.4, 0.5) is 5.69 Å².